The van der Waals surface area contributed by atoms with Crippen molar-refractivity contribution in [2.45, 2.75) is 31.5 Å². The van der Waals surface area contributed by atoms with Crippen LogP contribution in [0.15, 0.2) is 22.8 Å². The number of carboxylic acids is 1. The largest absolute Gasteiger partial charge is 0.480 e. The van der Waals surface area contributed by atoms with Crippen LogP contribution >= 0.6 is 0 Å². The molecular weight excluding hydrogens is 252 g/mol. The molecule has 2 amide bonds. The van der Waals surface area contributed by atoms with E-state index in [1.807, 2.05) is 0 Å². The number of amides is 2. The lowest BCUT2D eigenvalue weighted by molar-refractivity contribution is -0.140. The summed E-state index contributed by atoms with van der Waals surface area (Å²) in [4.78, 5) is 24.3. The van der Waals surface area contributed by atoms with E-state index in [0.29, 0.717) is 12.3 Å². The highest BCUT2D eigenvalue weighted by atomic mass is 16.4. The van der Waals surface area contributed by atoms with E-state index < -0.39 is 24.6 Å². The van der Waals surface area contributed by atoms with Gasteiger partial charge in [-0.05, 0) is 25.0 Å². The number of nitrogens with zero attached hydrogens (tertiary/aromatic N) is 1. The number of hydrogen-bond acceptors (Lipinski definition) is 4. The maximum atomic E-state index is 12.0. The van der Waals surface area contributed by atoms with Gasteiger partial charge in [-0.25, -0.2) is 9.59 Å². The fraction of sp³-hybridized carbons (Fsp3) is 0.500. The number of carboxylic acid groups (broad SMARTS) is 1. The van der Waals surface area contributed by atoms with Gasteiger partial charge in [0.15, 0.2) is 6.04 Å². The molecule has 19 heavy (non-hydrogen) atoms. The lowest BCUT2D eigenvalue weighted by atomic mass is 10.3. The summed E-state index contributed by atoms with van der Waals surface area (Å²) in [6.45, 7) is -0.346. The molecule has 104 valence electrons. The SMILES string of the molecule is O=C(O)C(CO)NC(=O)N(Cc1ccco1)C1CC1. The number of rotatable bonds is 6. The van der Waals surface area contributed by atoms with Crippen LogP contribution in [0.2, 0.25) is 0 Å². The summed E-state index contributed by atoms with van der Waals surface area (Å²) in [7, 11) is 0. The molecule has 0 saturated heterocycles. The number of hydrogen-bond donors (Lipinski definition) is 3. The first-order chi connectivity index (χ1) is 9.11. The van der Waals surface area contributed by atoms with E-state index in [4.69, 9.17) is 14.6 Å². The van der Waals surface area contributed by atoms with Gasteiger partial charge in [-0.15, -0.1) is 0 Å². The molecule has 0 radical (unpaired) electrons. The molecular formula is C12H16N2O5. The minimum absolute atomic E-state index is 0.109. The Morgan fingerprint density at radius 3 is 2.74 bits per heavy atom. The first-order valence-corrected chi connectivity index (χ1v) is 6.05. The molecule has 3 N–H and O–H groups in total. The summed E-state index contributed by atoms with van der Waals surface area (Å²) >= 11 is 0. The van der Waals surface area contributed by atoms with Gasteiger partial charge < -0.3 is 24.8 Å². The van der Waals surface area contributed by atoms with Crippen LogP contribution in [0.25, 0.3) is 0 Å². The van der Waals surface area contributed by atoms with Gasteiger partial charge in [0.1, 0.15) is 5.76 Å². The zero-order valence-electron chi connectivity index (χ0n) is 10.3. The molecule has 1 saturated carbocycles. The van der Waals surface area contributed by atoms with Crippen LogP contribution in [0, 0.1) is 0 Å². The highest BCUT2D eigenvalue weighted by Gasteiger charge is 2.34. The van der Waals surface area contributed by atoms with Gasteiger partial charge in [0, 0.05) is 6.04 Å². The van der Waals surface area contributed by atoms with Crippen molar-refractivity contribution in [3.63, 3.8) is 0 Å². The molecule has 1 aromatic rings. The van der Waals surface area contributed by atoms with E-state index in [0.717, 1.165) is 12.8 Å². The van der Waals surface area contributed by atoms with Gasteiger partial charge in [-0.1, -0.05) is 0 Å². The predicted molar refractivity (Wildman–Crippen MR) is 64.3 cm³/mol. The summed E-state index contributed by atoms with van der Waals surface area (Å²) in [6.07, 6.45) is 3.31. The normalized spacial score (nSPS) is 15.8. The second kappa shape index (κ2) is 5.75. The van der Waals surface area contributed by atoms with Crippen molar-refractivity contribution in [3.8, 4) is 0 Å². The lowest BCUT2D eigenvalue weighted by Gasteiger charge is -2.23. The molecule has 1 unspecified atom stereocenters. The number of carbonyl (C=O) groups excluding carboxylic acids is 1. The van der Waals surface area contributed by atoms with E-state index in [9.17, 15) is 9.59 Å². The van der Waals surface area contributed by atoms with Crippen LogP contribution in [-0.2, 0) is 11.3 Å². The van der Waals surface area contributed by atoms with Crippen molar-refractivity contribution in [1.29, 1.82) is 0 Å². The van der Waals surface area contributed by atoms with Gasteiger partial charge in [0.05, 0.1) is 19.4 Å². The first-order valence-electron chi connectivity index (χ1n) is 6.05. The van der Waals surface area contributed by atoms with E-state index in [-0.39, 0.29) is 6.04 Å². The zero-order chi connectivity index (χ0) is 13.8. The Balaban J connectivity index is 1.98. The number of aliphatic hydroxyl groups is 1. The van der Waals surface area contributed by atoms with E-state index >= 15 is 0 Å². The van der Waals surface area contributed by atoms with Gasteiger partial charge in [-0.2, -0.15) is 0 Å². The maximum Gasteiger partial charge on any atom is 0.328 e. The fourth-order valence-corrected chi connectivity index (χ4v) is 1.74. The predicted octanol–water partition coefficient (Wildman–Crippen LogP) is 0.399. The molecule has 1 fully saturated rings. The number of nitrogens with one attached hydrogen (secondary N) is 1. The molecule has 1 atom stereocenters. The van der Waals surface area contributed by atoms with Crippen LogP contribution in [0.5, 0.6) is 0 Å². The zero-order valence-corrected chi connectivity index (χ0v) is 10.3. The number of furan rings is 1. The van der Waals surface area contributed by atoms with Crippen molar-refractivity contribution >= 4 is 12.0 Å². The monoisotopic (exact) mass is 268 g/mol. The first kappa shape index (κ1) is 13.4. The van der Waals surface area contributed by atoms with Crippen molar-refractivity contribution in [1.82, 2.24) is 10.2 Å². The van der Waals surface area contributed by atoms with Crippen LogP contribution < -0.4 is 5.32 Å². The van der Waals surface area contributed by atoms with E-state index in [1.54, 1.807) is 12.1 Å². The summed E-state index contributed by atoms with van der Waals surface area (Å²) < 4.78 is 5.18. The standard InChI is InChI=1S/C12H16N2O5/c15-7-10(11(16)17)13-12(18)14(8-3-4-8)6-9-2-1-5-19-9/h1-2,5,8,10,15H,3-4,6-7H2,(H,13,18)(H,16,17). The second-order valence-corrected chi connectivity index (χ2v) is 4.46. The summed E-state index contributed by atoms with van der Waals surface area (Å²) in [5.74, 6) is -0.623. The highest BCUT2D eigenvalue weighted by molar-refractivity contribution is 5.83. The lowest BCUT2D eigenvalue weighted by Crippen LogP contribution is -2.49. The molecule has 1 aliphatic carbocycles. The average Bonchev–Trinajstić information content (AvgIpc) is 3.09. The Kier molecular flexibility index (Phi) is 4.06. The Morgan fingerprint density at radius 1 is 1.53 bits per heavy atom. The summed E-state index contributed by atoms with van der Waals surface area (Å²) in [5.41, 5.74) is 0. The number of carbonyl (C=O) groups is 2. The molecule has 7 nitrogen and oxygen atoms in total. The van der Waals surface area contributed by atoms with Crippen LogP contribution in [0.1, 0.15) is 18.6 Å². The topological polar surface area (TPSA) is 103 Å². The molecule has 0 spiro atoms. The van der Waals surface area contributed by atoms with Crippen molar-refractivity contribution in [3.05, 3.63) is 24.2 Å². The Morgan fingerprint density at radius 2 is 2.26 bits per heavy atom. The fourth-order valence-electron chi connectivity index (χ4n) is 1.74. The number of urea groups is 1. The molecule has 1 heterocycles. The Bertz CT molecular complexity index is 441. The molecule has 0 aliphatic heterocycles. The average molecular weight is 268 g/mol. The van der Waals surface area contributed by atoms with E-state index in [2.05, 4.69) is 5.32 Å². The van der Waals surface area contributed by atoms with Gasteiger partial charge >= 0.3 is 12.0 Å². The minimum Gasteiger partial charge on any atom is -0.480 e. The highest BCUT2D eigenvalue weighted by Crippen LogP contribution is 2.28. The summed E-state index contributed by atoms with van der Waals surface area (Å²) in [5, 5.41) is 20.0. The molecule has 0 bridgehead atoms. The smallest absolute Gasteiger partial charge is 0.328 e. The molecule has 0 aromatic carbocycles. The Labute approximate surface area is 109 Å². The molecule has 7 heteroatoms. The van der Waals surface area contributed by atoms with Gasteiger partial charge in [0.2, 0.25) is 0 Å². The molecule has 1 aromatic heterocycles. The number of aliphatic carboxylic acids is 1. The van der Waals surface area contributed by atoms with Crippen LogP contribution in [0.3, 0.4) is 0 Å². The third-order valence-corrected chi connectivity index (χ3v) is 2.93. The molecule has 2 rings (SSSR count). The second-order valence-electron chi connectivity index (χ2n) is 4.46. The van der Waals surface area contributed by atoms with Crippen LogP contribution in [0.4, 0.5) is 4.79 Å². The van der Waals surface area contributed by atoms with Crippen LogP contribution in [-0.4, -0.2) is 45.8 Å². The van der Waals surface area contributed by atoms with Crippen molar-refractivity contribution in [2.24, 2.45) is 0 Å². The maximum absolute atomic E-state index is 12.0. The summed E-state index contributed by atoms with van der Waals surface area (Å²) in [6, 6.07) is 1.80. The number of aliphatic hydroxyl groups excluding tert-OH is 1. The van der Waals surface area contributed by atoms with Crippen molar-refractivity contribution in [2.75, 3.05) is 6.61 Å². The quantitative estimate of drug-likeness (QED) is 0.693. The molecule has 1 aliphatic rings. The Hall–Kier alpha value is -2.02. The third kappa shape index (κ3) is 3.47. The minimum atomic E-state index is -1.29. The third-order valence-electron chi connectivity index (χ3n) is 2.93. The van der Waals surface area contributed by atoms with Crippen molar-refractivity contribution < 1.29 is 24.2 Å². The van der Waals surface area contributed by atoms with Gasteiger partial charge in [-0.3, -0.25) is 0 Å². The van der Waals surface area contributed by atoms with E-state index in [1.165, 1.54) is 11.2 Å². The van der Waals surface area contributed by atoms with Gasteiger partial charge in [0.25, 0.3) is 0 Å².